The fourth-order valence-corrected chi connectivity index (χ4v) is 5.98. The Morgan fingerprint density at radius 2 is 0.639 bits per heavy atom. The maximum atomic E-state index is 13.0. The second kappa shape index (κ2) is 26.0. The van der Waals surface area contributed by atoms with Crippen molar-refractivity contribution in [2.24, 2.45) is 0 Å². The van der Waals surface area contributed by atoms with Crippen LogP contribution in [0.15, 0.2) is 0 Å². The minimum absolute atomic E-state index is 0.0709. The van der Waals surface area contributed by atoms with Crippen LogP contribution in [0.4, 0.5) is 0 Å². The van der Waals surface area contributed by atoms with Crippen molar-refractivity contribution in [2.45, 2.75) is 132 Å². The van der Waals surface area contributed by atoms with E-state index in [-0.39, 0.29) is 57.2 Å². The highest BCUT2D eigenvalue weighted by molar-refractivity contribution is 5.75. The molecule has 0 bridgehead atoms. The molecule has 1 saturated heterocycles. The summed E-state index contributed by atoms with van der Waals surface area (Å²) in [6, 6.07) is 0. The second-order valence-corrected chi connectivity index (χ2v) is 20.5. The normalized spacial score (nSPS) is 16.7. The number of hydrogen-bond donors (Lipinski definition) is 0. The molecule has 0 saturated carbocycles. The van der Waals surface area contributed by atoms with Crippen molar-refractivity contribution >= 4 is 29.8 Å². The SMILES string of the molecule is CC(C)(C)OC(=O)CN1CCN(CCOCCOCCN(CC(=O)OC(C)(C)C)CC(=O)OC(C)(C)C)CCN(CC(=O)OC(C)(C)C)CCN(CC(=O)OC(C)(C)C)CC1. The summed E-state index contributed by atoms with van der Waals surface area (Å²) in [4.78, 5) is 74.1. The highest BCUT2D eigenvalue weighted by atomic mass is 16.6. The topological polar surface area (TPSA) is 166 Å². The maximum Gasteiger partial charge on any atom is 0.320 e. The summed E-state index contributed by atoms with van der Waals surface area (Å²) >= 11 is 0. The van der Waals surface area contributed by atoms with E-state index in [9.17, 15) is 24.0 Å². The maximum absolute atomic E-state index is 13.0. The van der Waals surface area contributed by atoms with Gasteiger partial charge in [0, 0.05) is 65.4 Å². The van der Waals surface area contributed by atoms with Crippen LogP contribution in [0.1, 0.15) is 104 Å². The van der Waals surface area contributed by atoms with Gasteiger partial charge in [-0.25, -0.2) is 0 Å². The summed E-state index contributed by atoms with van der Waals surface area (Å²) in [5.41, 5.74) is -3.20. The molecule has 0 aliphatic carbocycles. The number of carbonyl (C=O) groups is 5. The van der Waals surface area contributed by atoms with E-state index in [1.54, 1.807) is 46.4 Å². The Bertz CT molecular complexity index is 1270. The molecule has 0 atom stereocenters. The van der Waals surface area contributed by atoms with Crippen LogP contribution in [0.25, 0.3) is 0 Å². The van der Waals surface area contributed by atoms with Crippen LogP contribution in [0.3, 0.4) is 0 Å². The van der Waals surface area contributed by atoms with Crippen LogP contribution in [-0.4, -0.2) is 207 Å². The first-order valence-electron chi connectivity index (χ1n) is 21.7. The molecule has 0 aromatic heterocycles. The van der Waals surface area contributed by atoms with Gasteiger partial charge in [0.2, 0.25) is 0 Å². The molecule has 0 N–H and O–H groups in total. The molecule has 1 heterocycles. The Morgan fingerprint density at radius 3 is 0.934 bits per heavy atom. The zero-order valence-corrected chi connectivity index (χ0v) is 40.6. The number of esters is 5. The Balaban J connectivity index is 2.98. The molecule has 0 amide bonds. The lowest BCUT2D eigenvalue weighted by molar-refractivity contribution is -0.161. The summed E-state index contributed by atoms with van der Waals surface area (Å²) in [6.07, 6.45) is 0. The van der Waals surface area contributed by atoms with Crippen LogP contribution in [0.2, 0.25) is 0 Å². The Labute approximate surface area is 367 Å². The number of carbonyl (C=O) groups excluding carboxylic acids is 5. The first-order chi connectivity index (χ1) is 27.9. The van der Waals surface area contributed by atoms with Crippen LogP contribution >= 0.6 is 0 Å². The molecular formula is C44H83N5O12. The van der Waals surface area contributed by atoms with Crippen LogP contribution < -0.4 is 0 Å². The van der Waals surface area contributed by atoms with E-state index in [4.69, 9.17) is 33.2 Å². The fourth-order valence-electron chi connectivity index (χ4n) is 5.98. The summed E-state index contributed by atoms with van der Waals surface area (Å²) in [6.45, 7) is 33.9. The fraction of sp³-hybridized carbons (Fsp3) is 0.886. The lowest BCUT2D eigenvalue weighted by atomic mass is 10.2. The zero-order valence-electron chi connectivity index (χ0n) is 40.6. The number of hydrogen-bond acceptors (Lipinski definition) is 17. The third kappa shape index (κ3) is 32.4. The largest absolute Gasteiger partial charge is 0.459 e. The van der Waals surface area contributed by atoms with Gasteiger partial charge in [-0.3, -0.25) is 48.5 Å². The first kappa shape index (κ1) is 56.1. The molecule has 61 heavy (non-hydrogen) atoms. The van der Waals surface area contributed by atoms with Crippen LogP contribution in [0, 0.1) is 0 Å². The van der Waals surface area contributed by atoms with Crippen molar-refractivity contribution in [1.82, 2.24) is 24.5 Å². The van der Waals surface area contributed by atoms with Gasteiger partial charge in [-0.2, -0.15) is 0 Å². The Kier molecular flexibility index (Phi) is 23.9. The first-order valence-corrected chi connectivity index (χ1v) is 21.7. The van der Waals surface area contributed by atoms with E-state index in [0.717, 1.165) is 0 Å². The average molecular weight is 874 g/mol. The van der Waals surface area contributed by atoms with Gasteiger partial charge in [0.15, 0.2) is 0 Å². The Morgan fingerprint density at radius 1 is 0.377 bits per heavy atom. The monoisotopic (exact) mass is 874 g/mol. The van der Waals surface area contributed by atoms with Gasteiger partial charge in [0.05, 0.1) is 59.2 Å². The molecule has 17 heteroatoms. The number of rotatable bonds is 19. The van der Waals surface area contributed by atoms with E-state index in [0.29, 0.717) is 85.3 Å². The summed E-state index contributed by atoms with van der Waals surface area (Å²) in [7, 11) is 0. The molecular weight excluding hydrogens is 791 g/mol. The van der Waals surface area contributed by atoms with E-state index in [1.165, 1.54) is 0 Å². The van der Waals surface area contributed by atoms with Gasteiger partial charge in [0.25, 0.3) is 0 Å². The average Bonchev–Trinajstić information content (AvgIpc) is 3.02. The second-order valence-electron chi connectivity index (χ2n) is 20.5. The molecule has 1 fully saturated rings. The van der Waals surface area contributed by atoms with Gasteiger partial charge in [-0.15, -0.1) is 0 Å². The highest BCUT2D eigenvalue weighted by Crippen LogP contribution is 2.13. The third-order valence-electron chi connectivity index (χ3n) is 8.27. The third-order valence-corrected chi connectivity index (χ3v) is 8.27. The number of nitrogens with zero attached hydrogens (tertiary/aromatic N) is 5. The number of ether oxygens (including phenoxy) is 7. The lowest BCUT2D eigenvalue weighted by Gasteiger charge is -2.34. The van der Waals surface area contributed by atoms with Gasteiger partial charge in [-0.05, 0) is 104 Å². The molecule has 0 unspecified atom stereocenters. The van der Waals surface area contributed by atoms with Gasteiger partial charge in [-0.1, -0.05) is 0 Å². The summed E-state index contributed by atoms with van der Waals surface area (Å²) < 4.78 is 39.7. The minimum atomic E-state index is -0.655. The molecule has 0 radical (unpaired) electrons. The quantitative estimate of drug-likeness (QED) is 0.105. The summed E-state index contributed by atoms with van der Waals surface area (Å²) in [5, 5.41) is 0. The molecule has 0 spiro atoms. The van der Waals surface area contributed by atoms with Crippen molar-refractivity contribution in [1.29, 1.82) is 0 Å². The van der Waals surface area contributed by atoms with E-state index in [2.05, 4.69) is 4.90 Å². The standard InChI is InChI=1S/C44H83N5O12/c1-40(2,3)57-35(50)30-46-18-16-45(17-19-47(31-36(51)58-41(4,5)6)21-23-48(22-20-46)32-37(52)59-42(7,8)9)24-26-55-28-29-56-27-25-49(33-38(53)60-43(10,11)12)34-39(54)61-44(13,14)15/h16-34H2,1-15H3. The Hall–Kier alpha value is -2.93. The highest BCUT2D eigenvalue weighted by Gasteiger charge is 2.27. The molecule has 1 rings (SSSR count). The molecule has 1 aliphatic rings. The molecule has 1 aliphatic heterocycles. The lowest BCUT2D eigenvalue weighted by Crippen LogP contribution is -2.49. The van der Waals surface area contributed by atoms with E-state index >= 15 is 0 Å². The molecule has 0 aromatic carbocycles. The molecule has 0 aromatic rings. The van der Waals surface area contributed by atoms with Crippen molar-refractivity contribution in [3.63, 3.8) is 0 Å². The van der Waals surface area contributed by atoms with Crippen LogP contribution in [-0.2, 0) is 57.1 Å². The zero-order chi connectivity index (χ0) is 46.7. The van der Waals surface area contributed by atoms with E-state index in [1.807, 2.05) is 77.0 Å². The van der Waals surface area contributed by atoms with Crippen LogP contribution in [0.5, 0.6) is 0 Å². The van der Waals surface area contributed by atoms with Gasteiger partial charge >= 0.3 is 29.8 Å². The molecule has 356 valence electrons. The van der Waals surface area contributed by atoms with Crippen molar-refractivity contribution in [2.75, 3.05) is 125 Å². The van der Waals surface area contributed by atoms with E-state index < -0.39 is 39.9 Å². The predicted molar refractivity (Wildman–Crippen MR) is 233 cm³/mol. The van der Waals surface area contributed by atoms with Gasteiger partial charge in [0.1, 0.15) is 28.0 Å². The smallest absolute Gasteiger partial charge is 0.320 e. The predicted octanol–water partition coefficient (Wildman–Crippen LogP) is 3.25. The molecule has 17 nitrogen and oxygen atoms in total. The van der Waals surface area contributed by atoms with Crippen molar-refractivity contribution < 1.29 is 57.1 Å². The summed E-state index contributed by atoms with van der Waals surface area (Å²) in [5.74, 6) is -1.87. The van der Waals surface area contributed by atoms with Crippen molar-refractivity contribution in [3.8, 4) is 0 Å². The minimum Gasteiger partial charge on any atom is -0.459 e. The van der Waals surface area contributed by atoms with Gasteiger partial charge < -0.3 is 33.2 Å². The van der Waals surface area contributed by atoms with Crippen molar-refractivity contribution in [3.05, 3.63) is 0 Å².